The van der Waals surface area contributed by atoms with E-state index in [0.29, 0.717) is 40.7 Å². The van der Waals surface area contributed by atoms with Gasteiger partial charge in [-0.05, 0) is 54.4 Å². The molecule has 0 saturated carbocycles. The predicted octanol–water partition coefficient (Wildman–Crippen LogP) is 5.35. The minimum absolute atomic E-state index is 0.0751. The lowest BCUT2D eigenvalue weighted by atomic mass is 9.91. The highest BCUT2D eigenvalue weighted by Crippen LogP contribution is 2.39. The average Bonchev–Trinajstić information content (AvgIpc) is 2.84. The second kappa shape index (κ2) is 10.4. The molecule has 0 fully saturated rings. The molecule has 1 aliphatic rings. The Balaban J connectivity index is 1.41. The number of nitriles is 1. The Hall–Kier alpha value is -3.86. The molecule has 1 heterocycles. The number of hydrogen-bond acceptors (Lipinski definition) is 6. The Labute approximate surface area is 201 Å². The molecule has 34 heavy (non-hydrogen) atoms. The number of Topliss-reactive ketones (excluding diaryl/α,β-unsaturated/α-hetero) is 1. The van der Waals surface area contributed by atoms with E-state index in [-0.39, 0.29) is 30.3 Å². The van der Waals surface area contributed by atoms with Crippen molar-refractivity contribution in [1.29, 1.82) is 5.26 Å². The van der Waals surface area contributed by atoms with E-state index in [0.717, 1.165) is 5.56 Å². The van der Waals surface area contributed by atoms with Gasteiger partial charge in [0.1, 0.15) is 29.9 Å². The number of halogens is 1. The van der Waals surface area contributed by atoms with Crippen molar-refractivity contribution < 1.29 is 28.9 Å². The zero-order chi connectivity index (χ0) is 24.1. The maximum Gasteiger partial charge on any atom is 0.311 e. The summed E-state index contributed by atoms with van der Waals surface area (Å²) in [5.41, 5.74) is 2.04. The SMILES string of the molecule is N#Cc1cc2c(cc1Oc1ccc(C(=O)COCc3ccc(Cl)cc3)cc1)OCCC2C(=O)O. The second-order valence-electron chi connectivity index (χ2n) is 7.69. The summed E-state index contributed by atoms with van der Waals surface area (Å²) in [6, 6.07) is 18.7. The van der Waals surface area contributed by atoms with Crippen LogP contribution in [0.5, 0.6) is 17.2 Å². The number of carboxylic acid groups (broad SMARTS) is 1. The van der Waals surface area contributed by atoms with Gasteiger partial charge < -0.3 is 19.3 Å². The van der Waals surface area contributed by atoms with Crippen molar-refractivity contribution in [2.45, 2.75) is 18.9 Å². The number of aliphatic carboxylic acids is 1. The molecule has 1 unspecified atom stereocenters. The van der Waals surface area contributed by atoms with Gasteiger partial charge in [-0.2, -0.15) is 5.26 Å². The molecular formula is C26H20ClNO6. The van der Waals surface area contributed by atoms with Crippen LogP contribution >= 0.6 is 11.6 Å². The van der Waals surface area contributed by atoms with Crippen molar-refractivity contribution in [3.05, 3.63) is 87.9 Å². The molecule has 1 aliphatic heterocycles. The first-order chi connectivity index (χ1) is 16.4. The zero-order valence-electron chi connectivity index (χ0n) is 18.0. The number of carbonyl (C=O) groups excluding carboxylic acids is 1. The van der Waals surface area contributed by atoms with Gasteiger partial charge >= 0.3 is 5.97 Å². The van der Waals surface area contributed by atoms with E-state index >= 15 is 0 Å². The number of carboxylic acids is 1. The summed E-state index contributed by atoms with van der Waals surface area (Å²) < 4.78 is 16.9. The number of benzene rings is 3. The molecule has 0 bridgehead atoms. The number of rotatable bonds is 8. The van der Waals surface area contributed by atoms with Crippen LogP contribution in [0.25, 0.3) is 0 Å². The van der Waals surface area contributed by atoms with Gasteiger partial charge in [-0.15, -0.1) is 0 Å². The van der Waals surface area contributed by atoms with E-state index in [2.05, 4.69) is 0 Å². The van der Waals surface area contributed by atoms with Crippen LogP contribution in [0.4, 0.5) is 0 Å². The number of ketones is 1. The number of nitrogens with zero attached hydrogens (tertiary/aromatic N) is 1. The van der Waals surface area contributed by atoms with Crippen LogP contribution in [0.15, 0.2) is 60.7 Å². The summed E-state index contributed by atoms with van der Waals surface area (Å²) in [5.74, 6) is -0.813. The molecule has 7 nitrogen and oxygen atoms in total. The molecule has 0 spiro atoms. The van der Waals surface area contributed by atoms with E-state index in [4.69, 9.17) is 25.8 Å². The van der Waals surface area contributed by atoms with E-state index in [9.17, 15) is 20.0 Å². The molecule has 3 aromatic rings. The van der Waals surface area contributed by atoms with Crippen LogP contribution in [0, 0.1) is 11.3 Å². The molecule has 8 heteroatoms. The highest BCUT2D eigenvalue weighted by atomic mass is 35.5. The van der Waals surface area contributed by atoms with E-state index in [1.807, 2.05) is 18.2 Å². The summed E-state index contributed by atoms with van der Waals surface area (Å²) in [6.07, 6.45) is 0.340. The Morgan fingerprint density at radius 2 is 1.85 bits per heavy atom. The third kappa shape index (κ3) is 5.37. The third-order valence-electron chi connectivity index (χ3n) is 5.39. The van der Waals surface area contributed by atoms with E-state index in [1.165, 1.54) is 12.1 Å². The fraction of sp³-hybridized carbons (Fsp3) is 0.192. The number of hydrogen-bond donors (Lipinski definition) is 1. The highest BCUT2D eigenvalue weighted by molar-refractivity contribution is 6.30. The summed E-state index contributed by atoms with van der Waals surface area (Å²) in [6.45, 7) is 0.491. The number of ether oxygens (including phenoxy) is 3. The molecule has 3 aromatic carbocycles. The first kappa shape index (κ1) is 23.3. The second-order valence-corrected chi connectivity index (χ2v) is 8.13. The van der Waals surface area contributed by atoms with Crippen LogP contribution in [0.2, 0.25) is 5.02 Å². The lowest BCUT2D eigenvalue weighted by molar-refractivity contribution is -0.139. The Morgan fingerprint density at radius 3 is 2.53 bits per heavy atom. The molecule has 4 rings (SSSR count). The quantitative estimate of drug-likeness (QED) is 0.435. The molecule has 0 saturated heterocycles. The Bertz CT molecular complexity index is 1250. The van der Waals surface area contributed by atoms with Crippen molar-refractivity contribution >= 4 is 23.4 Å². The minimum atomic E-state index is -0.959. The molecule has 1 N–H and O–H groups in total. The van der Waals surface area contributed by atoms with Gasteiger partial charge in [-0.1, -0.05) is 23.7 Å². The van der Waals surface area contributed by atoms with Gasteiger partial charge in [0.25, 0.3) is 0 Å². The highest BCUT2D eigenvalue weighted by Gasteiger charge is 2.29. The topological polar surface area (TPSA) is 106 Å². The van der Waals surface area contributed by atoms with Crippen LogP contribution < -0.4 is 9.47 Å². The van der Waals surface area contributed by atoms with Crippen molar-refractivity contribution in [3.8, 4) is 23.3 Å². The first-order valence-corrected chi connectivity index (χ1v) is 10.9. The molecular weight excluding hydrogens is 458 g/mol. The van der Waals surface area contributed by atoms with Crippen molar-refractivity contribution in [2.24, 2.45) is 0 Å². The molecule has 0 radical (unpaired) electrons. The van der Waals surface area contributed by atoms with E-state index < -0.39 is 11.9 Å². The van der Waals surface area contributed by atoms with Crippen molar-refractivity contribution in [2.75, 3.05) is 13.2 Å². The molecule has 0 amide bonds. The van der Waals surface area contributed by atoms with Crippen LogP contribution in [0.1, 0.15) is 39.4 Å². The summed E-state index contributed by atoms with van der Waals surface area (Å²) in [4.78, 5) is 23.9. The number of carbonyl (C=O) groups is 2. The monoisotopic (exact) mass is 477 g/mol. The fourth-order valence-electron chi connectivity index (χ4n) is 3.61. The average molecular weight is 478 g/mol. The molecule has 0 aromatic heterocycles. The normalized spacial score (nSPS) is 14.4. The summed E-state index contributed by atoms with van der Waals surface area (Å²) in [7, 11) is 0. The van der Waals surface area contributed by atoms with Crippen molar-refractivity contribution in [3.63, 3.8) is 0 Å². The largest absolute Gasteiger partial charge is 0.493 e. The lowest BCUT2D eigenvalue weighted by Crippen LogP contribution is -2.21. The van der Waals surface area contributed by atoms with Gasteiger partial charge in [0, 0.05) is 22.2 Å². The molecule has 0 aliphatic carbocycles. The van der Waals surface area contributed by atoms with Gasteiger partial charge in [0.05, 0.1) is 24.7 Å². The number of fused-ring (bicyclic) bond motifs is 1. The summed E-state index contributed by atoms with van der Waals surface area (Å²) >= 11 is 5.86. The van der Waals surface area contributed by atoms with Crippen LogP contribution in [0.3, 0.4) is 0 Å². The third-order valence-corrected chi connectivity index (χ3v) is 5.64. The fourth-order valence-corrected chi connectivity index (χ4v) is 3.73. The Kier molecular flexibility index (Phi) is 7.12. The maximum atomic E-state index is 12.4. The van der Waals surface area contributed by atoms with Gasteiger partial charge in [0.2, 0.25) is 0 Å². The first-order valence-electron chi connectivity index (χ1n) is 10.5. The van der Waals surface area contributed by atoms with Gasteiger partial charge in [-0.3, -0.25) is 9.59 Å². The lowest BCUT2D eigenvalue weighted by Gasteiger charge is -2.24. The van der Waals surface area contributed by atoms with Crippen molar-refractivity contribution in [1.82, 2.24) is 0 Å². The minimum Gasteiger partial charge on any atom is -0.493 e. The zero-order valence-corrected chi connectivity index (χ0v) is 18.7. The predicted molar refractivity (Wildman–Crippen MR) is 124 cm³/mol. The Morgan fingerprint density at radius 1 is 1.12 bits per heavy atom. The van der Waals surface area contributed by atoms with E-state index in [1.54, 1.807) is 36.4 Å². The van der Waals surface area contributed by atoms with Crippen LogP contribution in [-0.4, -0.2) is 30.1 Å². The van der Waals surface area contributed by atoms with Crippen LogP contribution in [-0.2, 0) is 16.1 Å². The molecule has 1 atom stereocenters. The van der Waals surface area contributed by atoms with Gasteiger partial charge in [0.15, 0.2) is 5.78 Å². The standard InChI is InChI=1S/C26H20ClNO6/c27-19-5-1-16(2-6-19)14-32-15-23(29)17-3-7-20(8-4-17)34-24-12-25-22(11-18(24)13-28)21(26(30)31)9-10-33-25/h1-8,11-12,21H,9-10,14-15H2,(H,30,31). The maximum absolute atomic E-state index is 12.4. The van der Waals surface area contributed by atoms with Gasteiger partial charge in [-0.25, -0.2) is 0 Å². The summed E-state index contributed by atoms with van der Waals surface area (Å²) in [5, 5.41) is 19.6. The smallest absolute Gasteiger partial charge is 0.311 e. The molecule has 172 valence electrons.